The van der Waals surface area contributed by atoms with Crippen molar-refractivity contribution >= 4 is 5.97 Å². The summed E-state index contributed by atoms with van der Waals surface area (Å²) in [6.07, 6.45) is 3.59. The van der Waals surface area contributed by atoms with Gasteiger partial charge in [0.1, 0.15) is 6.04 Å². The maximum Gasteiger partial charge on any atom is 0.325 e. The van der Waals surface area contributed by atoms with Crippen molar-refractivity contribution in [3.8, 4) is 5.69 Å². The third-order valence-electron chi connectivity index (χ3n) is 4.26. The summed E-state index contributed by atoms with van der Waals surface area (Å²) in [5.41, 5.74) is 3.31. The van der Waals surface area contributed by atoms with Crippen molar-refractivity contribution in [1.82, 2.24) is 14.7 Å². The fourth-order valence-corrected chi connectivity index (χ4v) is 3.00. The molecule has 2 aromatic carbocycles. The van der Waals surface area contributed by atoms with Gasteiger partial charge in [0.2, 0.25) is 0 Å². The Morgan fingerprint density at radius 2 is 1.92 bits per heavy atom. The highest BCUT2D eigenvalue weighted by Gasteiger charge is 2.25. The van der Waals surface area contributed by atoms with Crippen LogP contribution in [-0.2, 0) is 17.9 Å². The zero-order valence-electron chi connectivity index (χ0n) is 14.5. The quantitative estimate of drug-likeness (QED) is 0.684. The Kier molecular flexibility index (Phi) is 5.46. The summed E-state index contributed by atoms with van der Waals surface area (Å²) in [7, 11) is 1.78. The SMILES string of the molecule is CN(Cc1ccc(-n2cccn2)cc1)[C@H](C(=O)O)c1cccc(CO)c1. The summed E-state index contributed by atoms with van der Waals surface area (Å²) in [6.45, 7) is 0.374. The summed E-state index contributed by atoms with van der Waals surface area (Å²) in [5, 5.41) is 23.2. The van der Waals surface area contributed by atoms with Crippen LogP contribution in [0.4, 0.5) is 0 Å². The lowest BCUT2D eigenvalue weighted by atomic mass is 10.0. The van der Waals surface area contributed by atoms with Crippen LogP contribution in [0.5, 0.6) is 0 Å². The van der Waals surface area contributed by atoms with Gasteiger partial charge >= 0.3 is 5.97 Å². The molecular formula is C20H21N3O3. The average molecular weight is 351 g/mol. The predicted octanol–water partition coefficient (Wildman–Crippen LogP) is 2.62. The number of carbonyl (C=O) groups is 1. The zero-order chi connectivity index (χ0) is 18.5. The van der Waals surface area contributed by atoms with Gasteiger partial charge in [0, 0.05) is 18.9 Å². The number of aliphatic carboxylic acids is 1. The molecule has 0 aliphatic carbocycles. The van der Waals surface area contributed by atoms with E-state index in [0.29, 0.717) is 17.7 Å². The van der Waals surface area contributed by atoms with Crippen molar-refractivity contribution in [1.29, 1.82) is 0 Å². The van der Waals surface area contributed by atoms with Crippen molar-refractivity contribution in [3.63, 3.8) is 0 Å². The van der Waals surface area contributed by atoms with E-state index < -0.39 is 12.0 Å². The van der Waals surface area contributed by atoms with E-state index >= 15 is 0 Å². The van der Waals surface area contributed by atoms with Crippen LogP contribution in [0, 0.1) is 0 Å². The molecule has 0 bridgehead atoms. The lowest BCUT2D eigenvalue weighted by molar-refractivity contribution is -0.143. The van der Waals surface area contributed by atoms with E-state index in [1.54, 1.807) is 47.1 Å². The molecule has 0 saturated heterocycles. The molecule has 0 unspecified atom stereocenters. The summed E-state index contributed by atoms with van der Waals surface area (Å²) < 4.78 is 1.77. The smallest absolute Gasteiger partial charge is 0.325 e. The second kappa shape index (κ2) is 7.95. The minimum absolute atomic E-state index is 0.112. The number of hydrogen-bond acceptors (Lipinski definition) is 4. The largest absolute Gasteiger partial charge is 0.480 e. The average Bonchev–Trinajstić information content (AvgIpc) is 3.17. The highest BCUT2D eigenvalue weighted by molar-refractivity contribution is 5.75. The zero-order valence-corrected chi connectivity index (χ0v) is 14.5. The van der Waals surface area contributed by atoms with Crippen LogP contribution < -0.4 is 0 Å². The Hall–Kier alpha value is -2.96. The first kappa shape index (κ1) is 17.8. The second-order valence-electron chi connectivity index (χ2n) is 6.18. The molecule has 6 heteroatoms. The number of nitrogens with zero attached hydrogens (tertiary/aromatic N) is 3. The second-order valence-corrected chi connectivity index (χ2v) is 6.18. The normalized spacial score (nSPS) is 12.3. The van der Waals surface area contributed by atoms with Gasteiger partial charge in [-0.3, -0.25) is 9.69 Å². The van der Waals surface area contributed by atoms with E-state index in [1.165, 1.54) is 0 Å². The van der Waals surface area contributed by atoms with E-state index in [-0.39, 0.29) is 6.61 Å². The van der Waals surface area contributed by atoms with Crippen LogP contribution in [-0.4, -0.2) is 37.9 Å². The predicted molar refractivity (Wildman–Crippen MR) is 97.8 cm³/mol. The van der Waals surface area contributed by atoms with Crippen LogP contribution in [0.25, 0.3) is 5.69 Å². The Morgan fingerprint density at radius 3 is 2.54 bits per heavy atom. The molecule has 3 aromatic rings. The third kappa shape index (κ3) is 3.99. The van der Waals surface area contributed by atoms with Crippen LogP contribution in [0.1, 0.15) is 22.7 Å². The number of aromatic nitrogens is 2. The van der Waals surface area contributed by atoms with Gasteiger partial charge in [-0.05, 0) is 41.9 Å². The van der Waals surface area contributed by atoms with Gasteiger partial charge in [-0.15, -0.1) is 0 Å². The van der Waals surface area contributed by atoms with E-state index in [0.717, 1.165) is 11.3 Å². The van der Waals surface area contributed by atoms with Crippen LogP contribution >= 0.6 is 0 Å². The minimum Gasteiger partial charge on any atom is -0.480 e. The summed E-state index contributed by atoms with van der Waals surface area (Å²) in [6, 6.07) is 16.0. The molecule has 26 heavy (non-hydrogen) atoms. The molecule has 6 nitrogen and oxygen atoms in total. The lowest BCUT2D eigenvalue weighted by Gasteiger charge is -2.25. The maximum absolute atomic E-state index is 11.8. The number of carboxylic acid groups (broad SMARTS) is 1. The number of likely N-dealkylation sites (N-methyl/N-ethyl adjacent to an activating group) is 1. The van der Waals surface area contributed by atoms with Gasteiger partial charge in [-0.1, -0.05) is 36.4 Å². The molecule has 0 saturated carbocycles. The molecule has 134 valence electrons. The molecule has 0 aliphatic rings. The maximum atomic E-state index is 11.8. The summed E-state index contributed by atoms with van der Waals surface area (Å²) >= 11 is 0. The number of hydrogen-bond donors (Lipinski definition) is 2. The van der Waals surface area contributed by atoms with Crippen molar-refractivity contribution in [2.24, 2.45) is 0 Å². The van der Waals surface area contributed by atoms with Gasteiger partial charge in [0.05, 0.1) is 12.3 Å². The van der Waals surface area contributed by atoms with Gasteiger partial charge in [-0.2, -0.15) is 5.10 Å². The molecule has 0 amide bonds. The first-order valence-corrected chi connectivity index (χ1v) is 8.30. The van der Waals surface area contributed by atoms with Gasteiger partial charge in [0.25, 0.3) is 0 Å². The molecular weight excluding hydrogens is 330 g/mol. The van der Waals surface area contributed by atoms with Crippen molar-refractivity contribution in [3.05, 3.63) is 83.7 Å². The molecule has 0 radical (unpaired) electrons. The number of aliphatic hydroxyl groups excluding tert-OH is 1. The molecule has 0 spiro atoms. The topological polar surface area (TPSA) is 78.6 Å². The number of carboxylic acids is 1. The van der Waals surface area contributed by atoms with Crippen LogP contribution in [0.15, 0.2) is 67.0 Å². The number of rotatable bonds is 7. The Bertz CT molecular complexity index is 860. The third-order valence-corrected chi connectivity index (χ3v) is 4.26. The fraction of sp³-hybridized carbons (Fsp3) is 0.200. The monoisotopic (exact) mass is 351 g/mol. The Balaban J connectivity index is 1.77. The van der Waals surface area contributed by atoms with E-state index in [9.17, 15) is 15.0 Å². The highest BCUT2D eigenvalue weighted by Crippen LogP contribution is 2.23. The number of benzene rings is 2. The molecule has 1 aromatic heterocycles. The standard InChI is InChI=1S/C20H21N3O3/c1-22(19(20(25)26)17-5-2-4-16(12-17)14-24)13-15-6-8-18(9-7-15)23-11-3-10-21-23/h2-12,19,24H,13-14H2,1H3,(H,25,26)/t19-/m0/s1. The minimum atomic E-state index is -0.921. The molecule has 1 heterocycles. The summed E-state index contributed by atoms with van der Waals surface area (Å²) in [4.78, 5) is 13.6. The molecule has 1 atom stereocenters. The fourth-order valence-electron chi connectivity index (χ4n) is 3.00. The first-order chi connectivity index (χ1) is 12.6. The lowest BCUT2D eigenvalue weighted by Crippen LogP contribution is -2.30. The van der Waals surface area contributed by atoms with Crippen molar-refractivity contribution in [2.45, 2.75) is 19.2 Å². The van der Waals surface area contributed by atoms with E-state index in [1.807, 2.05) is 36.5 Å². The molecule has 3 rings (SSSR count). The van der Waals surface area contributed by atoms with Crippen LogP contribution in [0.3, 0.4) is 0 Å². The molecule has 0 fully saturated rings. The Labute approximate surface area is 151 Å². The molecule has 2 N–H and O–H groups in total. The van der Waals surface area contributed by atoms with Gasteiger partial charge in [0.15, 0.2) is 0 Å². The van der Waals surface area contributed by atoms with Crippen molar-refractivity contribution < 1.29 is 15.0 Å². The van der Waals surface area contributed by atoms with E-state index in [4.69, 9.17) is 0 Å². The first-order valence-electron chi connectivity index (χ1n) is 8.30. The van der Waals surface area contributed by atoms with E-state index in [2.05, 4.69) is 5.10 Å². The van der Waals surface area contributed by atoms with Crippen LogP contribution in [0.2, 0.25) is 0 Å². The summed E-state index contributed by atoms with van der Waals surface area (Å²) in [5.74, 6) is -0.921. The van der Waals surface area contributed by atoms with Gasteiger partial charge < -0.3 is 10.2 Å². The van der Waals surface area contributed by atoms with Crippen molar-refractivity contribution in [2.75, 3.05) is 7.05 Å². The highest BCUT2D eigenvalue weighted by atomic mass is 16.4. The number of aliphatic hydroxyl groups is 1. The Morgan fingerprint density at radius 1 is 1.15 bits per heavy atom. The van der Waals surface area contributed by atoms with Gasteiger partial charge in [-0.25, -0.2) is 4.68 Å². The molecule has 0 aliphatic heterocycles.